The first-order valence-electron chi connectivity index (χ1n) is 10.3. The highest BCUT2D eigenvalue weighted by Gasteiger charge is 2.41. The van der Waals surface area contributed by atoms with Gasteiger partial charge in [-0.1, -0.05) is 60.7 Å². The van der Waals surface area contributed by atoms with E-state index >= 15 is 0 Å². The monoisotopic (exact) mass is 372 g/mol. The van der Waals surface area contributed by atoms with Gasteiger partial charge in [-0.3, -0.25) is 0 Å². The predicted octanol–water partition coefficient (Wildman–Crippen LogP) is 4.16. The maximum atomic E-state index is 6.45. The van der Waals surface area contributed by atoms with Gasteiger partial charge in [0, 0.05) is 55.7 Å². The number of fused-ring (bicyclic) bond motifs is 2. The number of rotatable bonds is 3. The minimum absolute atomic E-state index is 0.165. The van der Waals surface area contributed by atoms with Gasteiger partial charge in [0.25, 0.3) is 0 Å². The second-order valence-corrected chi connectivity index (χ2v) is 8.33. The molecule has 2 aliphatic carbocycles. The Hall–Kier alpha value is -2.52. The lowest BCUT2D eigenvalue weighted by atomic mass is 9.80. The summed E-state index contributed by atoms with van der Waals surface area (Å²) in [4.78, 5) is 2.28. The lowest BCUT2D eigenvalue weighted by Gasteiger charge is -2.38. The van der Waals surface area contributed by atoms with Crippen LogP contribution in [0.5, 0.6) is 0 Å². The molecule has 3 nitrogen and oxygen atoms in total. The van der Waals surface area contributed by atoms with Crippen LogP contribution in [0.3, 0.4) is 0 Å². The van der Waals surface area contributed by atoms with Gasteiger partial charge in [0.2, 0.25) is 0 Å². The Balaban J connectivity index is 1.45. The molecule has 28 heavy (non-hydrogen) atoms. The van der Waals surface area contributed by atoms with Crippen LogP contribution in [0.4, 0.5) is 0 Å². The Labute approximate surface area is 167 Å². The quantitative estimate of drug-likeness (QED) is 0.862. The summed E-state index contributed by atoms with van der Waals surface area (Å²) in [5, 5.41) is 3.83. The molecule has 4 aliphatic rings. The van der Waals surface area contributed by atoms with Crippen LogP contribution < -0.4 is 5.32 Å². The van der Waals surface area contributed by atoms with E-state index in [1.165, 1.54) is 22.6 Å². The number of nitrogens with zero attached hydrogens (tertiary/aromatic N) is 1. The van der Waals surface area contributed by atoms with Crippen LogP contribution in [0.25, 0.3) is 0 Å². The molecule has 1 aromatic rings. The van der Waals surface area contributed by atoms with Gasteiger partial charge in [-0.15, -0.1) is 0 Å². The van der Waals surface area contributed by atoms with Gasteiger partial charge in [-0.2, -0.15) is 0 Å². The number of allylic oxidation sites excluding steroid dienone is 4. The maximum Gasteiger partial charge on any atom is 0.127 e. The molecule has 0 aromatic heterocycles. The molecule has 0 saturated heterocycles. The zero-order valence-corrected chi connectivity index (χ0v) is 16.6. The van der Waals surface area contributed by atoms with Crippen molar-refractivity contribution in [1.29, 1.82) is 0 Å². The van der Waals surface area contributed by atoms with Gasteiger partial charge in [0.05, 0.1) is 0 Å². The van der Waals surface area contributed by atoms with Crippen LogP contribution in [0.2, 0.25) is 0 Å². The molecule has 0 saturated carbocycles. The van der Waals surface area contributed by atoms with E-state index in [0.717, 1.165) is 13.0 Å². The number of hydrogen-bond donors (Lipinski definition) is 1. The Bertz CT molecular complexity index is 890. The fourth-order valence-corrected chi connectivity index (χ4v) is 5.02. The van der Waals surface area contributed by atoms with Crippen molar-refractivity contribution in [1.82, 2.24) is 10.2 Å². The minimum Gasteiger partial charge on any atom is -0.489 e. The van der Waals surface area contributed by atoms with E-state index in [0.29, 0.717) is 23.8 Å². The van der Waals surface area contributed by atoms with E-state index in [2.05, 4.69) is 97.2 Å². The number of hydrogen-bond acceptors (Lipinski definition) is 3. The predicted molar refractivity (Wildman–Crippen MR) is 114 cm³/mol. The molecule has 2 aliphatic heterocycles. The molecule has 5 unspecified atom stereocenters. The fourth-order valence-electron chi connectivity index (χ4n) is 5.02. The molecule has 1 N–H and O–H groups in total. The van der Waals surface area contributed by atoms with Gasteiger partial charge >= 0.3 is 0 Å². The number of likely N-dealkylation sites (N-methyl/N-ethyl adjacent to an activating group) is 1. The molecule has 144 valence electrons. The Morgan fingerprint density at radius 2 is 1.89 bits per heavy atom. The summed E-state index contributed by atoms with van der Waals surface area (Å²) in [7, 11) is 4.32. The van der Waals surface area contributed by atoms with Crippen molar-refractivity contribution in [2.24, 2.45) is 11.8 Å². The largest absolute Gasteiger partial charge is 0.489 e. The molecule has 0 bridgehead atoms. The van der Waals surface area contributed by atoms with Gasteiger partial charge in [0.15, 0.2) is 0 Å². The summed E-state index contributed by atoms with van der Waals surface area (Å²) in [6, 6.07) is 11.1. The second kappa shape index (κ2) is 7.14. The molecule has 0 radical (unpaired) electrons. The summed E-state index contributed by atoms with van der Waals surface area (Å²) in [5.74, 6) is 2.31. The lowest BCUT2D eigenvalue weighted by molar-refractivity contribution is 0.132. The van der Waals surface area contributed by atoms with E-state index in [4.69, 9.17) is 4.74 Å². The van der Waals surface area contributed by atoms with Crippen LogP contribution in [-0.2, 0) is 4.74 Å². The summed E-state index contributed by atoms with van der Waals surface area (Å²) < 4.78 is 6.45. The average molecular weight is 373 g/mol. The fraction of sp³-hybridized carbons (Fsp3) is 0.360. The van der Waals surface area contributed by atoms with Gasteiger partial charge in [-0.05, 0) is 24.1 Å². The third kappa shape index (κ3) is 2.94. The normalized spacial score (nSPS) is 33.2. The van der Waals surface area contributed by atoms with Crippen molar-refractivity contribution in [3.05, 3.63) is 95.5 Å². The first-order valence-corrected chi connectivity index (χ1v) is 10.3. The van der Waals surface area contributed by atoms with E-state index < -0.39 is 0 Å². The first-order chi connectivity index (χ1) is 13.7. The number of ether oxygens (including phenoxy) is 1. The van der Waals surface area contributed by atoms with Crippen molar-refractivity contribution >= 4 is 0 Å². The SMILES string of the molecule is CN(C)C1=CC(C2CC=CC3=C2OC2C=CC=CC32)NCC1c1ccccc1. The highest BCUT2D eigenvalue weighted by atomic mass is 16.5. The van der Waals surface area contributed by atoms with Crippen LogP contribution in [0, 0.1) is 11.8 Å². The highest BCUT2D eigenvalue weighted by Crippen LogP contribution is 2.44. The standard InChI is InChI=1S/C25H28N2O/c1-27(2)23-15-22(26-16-21(23)17-9-4-3-5-10-17)20-13-8-12-19-18-11-6-7-14-24(18)28-25(19)20/h3-12,14-15,18,20-22,24,26H,13,16H2,1-2H3. The van der Waals surface area contributed by atoms with E-state index in [1.807, 2.05) is 0 Å². The summed E-state index contributed by atoms with van der Waals surface area (Å²) >= 11 is 0. The van der Waals surface area contributed by atoms with Crippen LogP contribution in [0.15, 0.2) is 89.9 Å². The maximum absolute atomic E-state index is 6.45. The lowest BCUT2D eigenvalue weighted by Crippen LogP contribution is -2.44. The summed E-state index contributed by atoms with van der Waals surface area (Å²) in [6.45, 7) is 0.953. The zero-order chi connectivity index (χ0) is 19.1. The topological polar surface area (TPSA) is 24.5 Å². The third-order valence-electron chi connectivity index (χ3n) is 6.43. The van der Waals surface area contributed by atoms with Crippen LogP contribution >= 0.6 is 0 Å². The van der Waals surface area contributed by atoms with Gasteiger partial charge < -0.3 is 15.0 Å². The number of nitrogens with one attached hydrogen (secondary N) is 1. The molecule has 0 fully saturated rings. The molecule has 0 amide bonds. The van der Waals surface area contributed by atoms with Crippen LogP contribution in [-0.4, -0.2) is 37.7 Å². The molecule has 1 aromatic carbocycles. The molecule has 0 spiro atoms. The molecule has 3 heteroatoms. The first kappa shape index (κ1) is 17.6. The van der Waals surface area contributed by atoms with Crippen molar-refractivity contribution in [3.8, 4) is 0 Å². The molecule has 2 heterocycles. The number of benzene rings is 1. The van der Waals surface area contributed by atoms with Gasteiger partial charge in [-0.25, -0.2) is 0 Å². The Morgan fingerprint density at radius 1 is 1.07 bits per heavy atom. The van der Waals surface area contributed by atoms with Crippen molar-refractivity contribution in [3.63, 3.8) is 0 Å². The second-order valence-electron chi connectivity index (χ2n) is 8.33. The molecular weight excluding hydrogens is 344 g/mol. The van der Waals surface area contributed by atoms with Crippen LogP contribution in [0.1, 0.15) is 17.9 Å². The molecule has 5 rings (SSSR count). The van der Waals surface area contributed by atoms with Gasteiger partial charge in [0.1, 0.15) is 11.9 Å². The Kier molecular flexibility index (Phi) is 4.48. The van der Waals surface area contributed by atoms with Crippen molar-refractivity contribution in [2.75, 3.05) is 20.6 Å². The minimum atomic E-state index is 0.165. The Morgan fingerprint density at radius 3 is 2.71 bits per heavy atom. The molecular formula is C25H28N2O. The summed E-state index contributed by atoms with van der Waals surface area (Å²) in [6.07, 6.45) is 17.0. The summed E-state index contributed by atoms with van der Waals surface area (Å²) in [5.41, 5.74) is 4.13. The molecule has 5 atom stereocenters. The van der Waals surface area contributed by atoms with Crippen molar-refractivity contribution in [2.45, 2.75) is 24.5 Å². The van der Waals surface area contributed by atoms with E-state index in [9.17, 15) is 0 Å². The third-order valence-corrected chi connectivity index (χ3v) is 6.43. The highest BCUT2D eigenvalue weighted by molar-refractivity contribution is 5.43. The van der Waals surface area contributed by atoms with Crippen molar-refractivity contribution < 1.29 is 4.74 Å². The average Bonchev–Trinajstić information content (AvgIpc) is 3.13. The zero-order valence-electron chi connectivity index (χ0n) is 16.6. The smallest absolute Gasteiger partial charge is 0.127 e. The van der Waals surface area contributed by atoms with E-state index in [-0.39, 0.29) is 6.10 Å². The van der Waals surface area contributed by atoms with E-state index in [1.54, 1.807) is 0 Å².